The molecule has 1 aromatic carbocycles. The molecule has 3 aliphatic heterocycles. The summed E-state index contributed by atoms with van der Waals surface area (Å²) in [6, 6.07) is 8.32. The fourth-order valence-electron chi connectivity index (χ4n) is 4.18. The number of nitrogens with one attached hydrogen (secondary N) is 2. The molecule has 1 amide bonds. The molecule has 3 heterocycles. The van der Waals surface area contributed by atoms with Crippen LogP contribution in [0.4, 0.5) is 0 Å². The minimum atomic E-state index is -0.497. The van der Waals surface area contributed by atoms with Crippen LogP contribution >= 0.6 is 15.9 Å². The molecule has 1 aromatic rings. The lowest BCUT2D eigenvalue weighted by molar-refractivity contribution is -0.119. The van der Waals surface area contributed by atoms with Crippen molar-refractivity contribution in [3.63, 3.8) is 0 Å². The number of amides is 1. The van der Waals surface area contributed by atoms with Gasteiger partial charge in [0, 0.05) is 28.2 Å². The molecule has 0 radical (unpaired) electrons. The Hall–Kier alpha value is -1.95. The predicted octanol–water partition coefficient (Wildman–Crippen LogP) is 3.54. The summed E-state index contributed by atoms with van der Waals surface area (Å²) in [7, 11) is 0. The summed E-state index contributed by atoms with van der Waals surface area (Å²) in [5.41, 5.74) is 3.46. The van der Waals surface area contributed by atoms with Gasteiger partial charge in [0.25, 0.3) is 0 Å². The van der Waals surface area contributed by atoms with Gasteiger partial charge in [0.2, 0.25) is 5.91 Å². The standard InChI is InChI=1S/C18H19BrN4O/c1-3-18(11-5-4-6-12(19)8-11)13-9-20-23-16(13)22-14-7-10(2)21-17(24)15(14)18/h4-6,8-10,16,22H,3,7H2,1-2H3,(H,21,24). The van der Waals surface area contributed by atoms with E-state index in [4.69, 9.17) is 0 Å². The van der Waals surface area contributed by atoms with Crippen molar-refractivity contribution in [2.75, 3.05) is 0 Å². The quantitative estimate of drug-likeness (QED) is 0.815. The summed E-state index contributed by atoms with van der Waals surface area (Å²) in [6.07, 6.45) is 3.20. The first-order chi connectivity index (χ1) is 11.6. The molecule has 2 N–H and O–H groups in total. The van der Waals surface area contributed by atoms with E-state index in [1.54, 1.807) is 0 Å². The van der Waals surface area contributed by atoms with Gasteiger partial charge in [-0.2, -0.15) is 10.2 Å². The molecule has 0 aliphatic carbocycles. The van der Waals surface area contributed by atoms with Crippen molar-refractivity contribution in [1.82, 2.24) is 10.6 Å². The second kappa shape index (κ2) is 5.55. The van der Waals surface area contributed by atoms with E-state index in [0.29, 0.717) is 0 Å². The van der Waals surface area contributed by atoms with Crippen LogP contribution in [-0.4, -0.2) is 18.1 Å². The number of rotatable bonds is 2. The SMILES string of the molecule is CCC1(c2cccc(Br)c2)C2=CN=NC2NC2=C1C(=O)NC(C)C2. The lowest BCUT2D eigenvalue weighted by atomic mass is 9.63. The number of halogens is 1. The van der Waals surface area contributed by atoms with E-state index in [2.05, 4.69) is 55.8 Å². The fraction of sp³-hybridized carbons (Fsp3) is 0.389. The molecular weight excluding hydrogens is 368 g/mol. The van der Waals surface area contributed by atoms with Gasteiger partial charge in [-0.3, -0.25) is 4.79 Å². The van der Waals surface area contributed by atoms with Crippen LogP contribution in [0.5, 0.6) is 0 Å². The predicted molar refractivity (Wildman–Crippen MR) is 95.2 cm³/mol. The Kier molecular flexibility index (Phi) is 3.60. The zero-order valence-electron chi connectivity index (χ0n) is 13.6. The number of fused-ring (bicyclic) bond motifs is 1. The highest BCUT2D eigenvalue weighted by atomic mass is 79.9. The van der Waals surface area contributed by atoms with Crippen LogP contribution in [0.1, 0.15) is 32.3 Å². The maximum absolute atomic E-state index is 13.0. The number of carbonyl (C=O) groups is 1. The van der Waals surface area contributed by atoms with Gasteiger partial charge in [-0.15, -0.1) is 0 Å². The van der Waals surface area contributed by atoms with Crippen molar-refractivity contribution >= 4 is 21.8 Å². The molecule has 0 saturated carbocycles. The van der Waals surface area contributed by atoms with Crippen molar-refractivity contribution < 1.29 is 4.79 Å². The Morgan fingerprint density at radius 2 is 2.21 bits per heavy atom. The van der Waals surface area contributed by atoms with Gasteiger partial charge in [0.1, 0.15) is 0 Å². The Labute approximate surface area is 149 Å². The Morgan fingerprint density at radius 1 is 1.38 bits per heavy atom. The highest BCUT2D eigenvalue weighted by molar-refractivity contribution is 9.10. The zero-order valence-corrected chi connectivity index (χ0v) is 15.2. The van der Waals surface area contributed by atoms with E-state index in [0.717, 1.165) is 39.7 Å². The van der Waals surface area contributed by atoms with Crippen LogP contribution in [0.3, 0.4) is 0 Å². The summed E-state index contributed by atoms with van der Waals surface area (Å²) < 4.78 is 1.00. The summed E-state index contributed by atoms with van der Waals surface area (Å²) in [4.78, 5) is 13.0. The molecule has 0 bridgehead atoms. The minimum Gasteiger partial charge on any atom is -0.362 e. The van der Waals surface area contributed by atoms with Crippen LogP contribution in [0, 0.1) is 0 Å². The van der Waals surface area contributed by atoms with Gasteiger partial charge in [-0.1, -0.05) is 35.0 Å². The van der Waals surface area contributed by atoms with Gasteiger partial charge >= 0.3 is 0 Å². The van der Waals surface area contributed by atoms with Gasteiger partial charge in [-0.25, -0.2) is 0 Å². The van der Waals surface area contributed by atoms with Crippen molar-refractivity contribution in [3.8, 4) is 0 Å². The van der Waals surface area contributed by atoms with E-state index in [-0.39, 0.29) is 18.1 Å². The van der Waals surface area contributed by atoms with E-state index in [9.17, 15) is 4.79 Å². The first-order valence-corrected chi connectivity index (χ1v) is 9.03. The maximum atomic E-state index is 13.0. The van der Waals surface area contributed by atoms with Crippen LogP contribution in [0.15, 0.2) is 62.0 Å². The minimum absolute atomic E-state index is 0.00401. The summed E-state index contributed by atoms with van der Waals surface area (Å²) >= 11 is 3.57. The Bertz CT molecular complexity index is 813. The number of hydrogen-bond acceptors (Lipinski definition) is 4. The van der Waals surface area contributed by atoms with E-state index in [1.807, 2.05) is 25.3 Å². The number of azo groups is 1. The van der Waals surface area contributed by atoms with Crippen molar-refractivity contribution in [2.24, 2.45) is 10.2 Å². The fourth-order valence-corrected chi connectivity index (χ4v) is 4.58. The van der Waals surface area contributed by atoms with Crippen LogP contribution in [0.2, 0.25) is 0 Å². The third-order valence-corrected chi connectivity index (χ3v) is 5.66. The monoisotopic (exact) mass is 386 g/mol. The molecule has 6 heteroatoms. The van der Waals surface area contributed by atoms with Gasteiger partial charge in [0.15, 0.2) is 6.17 Å². The molecule has 124 valence electrons. The van der Waals surface area contributed by atoms with Gasteiger partial charge in [-0.05, 0) is 31.0 Å². The smallest absolute Gasteiger partial charge is 0.250 e. The second-order valence-corrected chi connectivity index (χ2v) is 7.48. The lowest BCUT2D eigenvalue weighted by Gasteiger charge is -2.46. The summed E-state index contributed by atoms with van der Waals surface area (Å²) in [5, 5.41) is 15.0. The first-order valence-electron chi connectivity index (χ1n) is 8.24. The molecule has 3 atom stereocenters. The van der Waals surface area contributed by atoms with Crippen molar-refractivity contribution in [1.29, 1.82) is 0 Å². The third-order valence-electron chi connectivity index (χ3n) is 5.17. The van der Waals surface area contributed by atoms with Gasteiger partial charge < -0.3 is 10.6 Å². The number of hydrogen-bond donors (Lipinski definition) is 2. The average Bonchev–Trinajstić information content (AvgIpc) is 3.01. The first kappa shape index (κ1) is 15.6. The molecule has 3 unspecified atom stereocenters. The Balaban J connectivity index is 2.00. The van der Waals surface area contributed by atoms with Crippen molar-refractivity contribution in [2.45, 2.75) is 44.3 Å². The molecule has 0 saturated heterocycles. The van der Waals surface area contributed by atoms with E-state index < -0.39 is 5.41 Å². The van der Waals surface area contributed by atoms with Crippen molar-refractivity contribution in [3.05, 3.63) is 57.3 Å². The molecule has 5 nitrogen and oxygen atoms in total. The zero-order chi connectivity index (χ0) is 16.9. The number of nitrogens with zero attached hydrogens (tertiary/aromatic N) is 2. The summed E-state index contributed by atoms with van der Waals surface area (Å²) in [5.74, 6) is 0.00401. The normalized spacial score (nSPS) is 31.1. The molecular formula is C18H19BrN4O. The number of benzene rings is 1. The molecule has 24 heavy (non-hydrogen) atoms. The van der Waals surface area contributed by atoms with E-state index in [1.165, 1.54) is 0 Å². The summed E-state index contributed by atoms with van der Waals surface area (Å²) in [6.45, 7) is 4.15. The molecule has 4 rings (SSSR count). The molecule has 0 fully saturated rings. The molecule has 3 aliphatic rings. The largest absolute Gasteiger partial charge is 0.362 e. The Morgan fingerprint density at radius 3 is 2.96 bits per heavy atom. The van der Waals surface area contributed by atoms with E-state index >= 15 is 0 Å². The van der Waals surface area contributed by atoms with Gasteiger partial charge in [0.05, 0.1) is 17.2 Å². The molecule has 0 spiro atoms. The number of carbonyl (C=O) groups excluding carboxylic acids is 1. The van der Waals surface area contributed by atoms with Crippen LogP contribution in [0.25, 0.3) is 0 Å². The molecule has 0 aromatic heterocycles. The second-order valence-electron chi connectivity index (χ2n) is 6.56. The highest BCUT2D eigenvalue weighted by Gasteiger charge is 2.51. The van der Waals surface area contributed by atoms with Crippen LogP contribution < -0.4 is 10.6 Å². The van der Waals surface area contributed by atoms with Crippen LogP contribution in [-0.2, 0) is 10.2 Å². The lowest BCUT2D eigenvalue weighted by Crippen LogP contribution is -2.55. The highest BCUT2D eigenvalue weighted by Crippen LogP contribution is 2.50. The maximum Gasteiger partial charge on any atom is 0.250 e. The third kappa shape index (κ3) is 2.09. The average molecular weight is 387 g/mol. The topological polar surface area (TPSA) is 65.8 Å².